The number of hydrogen-bond acceptors (Lipinski definition) is 6. The molecule has 0 bridgehead atoms. The molecule has 0 aromatic carbocycles. The average Bonchev–Trinajstić information content (AvgIpc) is 2.94. The summed E-state index contributed by atoms with van der Waals surface area (Å²) in [4.78, 5) is 20.0. The van der Waals surface area contributed by atoms with E-state index in [1.54, 1.807) is 19.5 Å². The highest BCUT2D eigenvalue weighted by molar-refractivity contribution is 7.09. The Labute approximate surface area is 127 Å². The fraction of sp³-hybridized carbons (Fsp3) is 0.357. The van der Waals surface area contributed by atoms with Crippen LogP contribution >= 0.6 is 11.3 Å². The summed E-state index contributed by atoms with van der Waals surface area (Å²) in [5, 5.41) is 5.47. The second-order valence-corrected chi connectivity index (χ2v) is 5.17. The van der Waals surface area contributed by atoms with Crippen molar-refractivity contribution in [3.63, 3.8) is 0 Å². The zero-order valence-electron chi connectivity index (χ0n) is 11.7. The largest absolute Gasteiger partial charge is 0.485 e. The first-order valence-corrected chi connectivity index (χ1v) is 7.37. The normalized spacial score (nSPS) is 10.3. The first kappa shape index (κ1) is 15.4. The van der Waals surface area contributed by atoms with E-state index in [-0.39, 0.29) is 12.3 Å². The number of amides is 1. The SMILES string of the molecule is COCCNC(=O)Cc1csc(COc2cccnc2)n1. The Morgan fingerprint density at radius 3 is 3.14 bits per heavy atom. The van der Waals surface area contributed by atoms with Crippen LogP contribution in [0.1, 0.15) is 10.7 Å². The number of hydrogen-bond donors (Lipinski definition) is 1. The van der Waals surface area contributed by atoms with Crippen molar-refractivity contribution in [2.24, 2.45) is 0 Å². The van der Waals surface area contributed by atoms with Gasteiger partial charge < -0.3 is 14.8 Å². The minimum Gasteiger partial charge on any atom is -0.485 e. The lowest BCUT2D eigenvalue weighted by Crippen LogP contribution is -2.28. The molecule has 0 aliphatic heterocycles. The van der Waals surface area contributed by atoms with E-state index >= 15 is 0 Å². The molecule has 2 rings (SSSR count). The number of carbonyl (C=O) groups is 1. The third-order valence-electron chi connectivity index (χ3n) is 2.57. The highest BCUT2D eigenvalue weighted by Crippen LogP contribution is 2.14. The van der Waals surface area contributed by atoms with E-state index in [1.165, 1.54) is 11.3 Å². The van der Waals surface area contributed by atoms with Gasteiger partial charge in [-0.3, -0.25) is 9.78 Å². The van der Waals surface area contributed by atoms with E-state index in [9.17, 15) is 4.79 Å². The fourth-order valence-corrected chi connectivity index (χ4v) is 2.30. The molecule has 0 fully saturated rings. The second-order valence-electron chi connectivity index (χ2n) is 4.23. The molecule has 7 heteroatoms. The molecule has 112 valence electrons. The number of carbonyl (C=O) groups excluding carboxylic acids is 1. The van der Waals surface area contributed by atoms with Gasteiger partial charge in [0.1, 0.15) is 17.4 Å². The van der Waals surface area contributed by atoms with Crippen LogP contribution in [0.15, 0.2) is 29.9 Å². The first-order valence-electron chi connectivity index (χ1n) is 6.49. The number of nitrogens with one attached hydrogen (secondary N) is 1. The summed E-state index contributed by atoms with van der Waals surface area (Å²) in [7, 11) is 1.60. The minimum atomic E-state index is -0.0583. The van der Waals surface area contributed by atoms with Gasteiger partial charge in [-0.25, -0.2) is 4.98 Å². The summed E-state index contributed by atoms with van der Waals surface area (Å²) in [6.45, 7) is 1.39. The van der Waals surface area contributed by atoms with Gasteiger partial charge in [0.25, 0.3) is 0 Å². The van der Waals surface area contributed by atoms with Crippen molar-refractivity contribution in [1.82, 2.24) is 15.3 Å². The van der Waals surface area contributed by atoms with Gasteiger partial charge in [-0.05, 0) is 12.1 Å². The van der Waals surface area contributed by atoms with Gasteiger partial charge in [0.15, 0.2) is 0 Å². The molecule has 0 aliphatic carbocycles. The highest BCUT2D eigenvalue weighted by atomic mass is 32.1. The number of ether oxygens (including phenoxy) is 2. The predicted molar refractivity (Wildman–Crippen MR) is 79.3 cm³/mol. The molecule has 0 unspecified atom stereocenters. The lowest BCUT2D eigenvalue weighted by molar-refractivity contribution is -0.120. The number of aromatic nitrogens is 2. The molecule has 21 heavy (non-hydrogen) atoms. The van der Waals surface area contributed by atoms with Crippen molar-refractivity contribution in [2.75, 3.05) is 20.3 Å². The monoisotopic (exact) mass is 307 g/mol. The second kappa shape index (κ2) is 8.33. The summed E-state index contributed by atoms with van der Waals surface area (Å²) < 4.78 is 10.4. The number of nitrogens with zero attached hydrogens (tertiary/aromatic N) is 2. The number of rotatable bonds is 8. The summed E-state index contributed by atoms with van der Waals surface area (Å²) in [5.41, 5.74) is 0.750. The van der Waals surface area contributed by atoms with Crippen LogP contribution in [0.4, 0.5) is 0 Å². The molecule has 0 saturated heterocycles. The average molecular weight is 307 g/mol. The van der Waals surface area contributed by atoms with Gasteiger partial charge in [0.2, 0.25) is 5.91 Å². The van der Waals surface area contributed by atoms with Crippen molar-refractivity contribution in [2.45, 2.75) is 13.0 Å². The maximum atomic E-state index is 11.6. The summed E-state index contributed by atoms with van der Waals surface area (Å²) in [6.07, 6.45) is 3.61. The standard InChI is InChI=1S/C14H17N3O3S/c1-19-6-5-16-13(18)7-11-10-21-14(17-11)9-20-12-3-2-4-15-8-12/h2-4,8,10H,5-7,9H2,1H3,(H,16,18). The summed E-state index contributed by atoms with van der Waals surface area (Å²) >= 11 is 1.48. The third kappa shape index (κ3) is 5.49. The smallest absolute Gasteiger partial charge is 0.226 e. The predicted octanol–water partition coefficient (Wildman–Crippen LogP) is 1.42. The van der Waals surface area contributed by atoms with Crippen LogP contribution in [0, 0.1) is 0 Å². The van der Waals surface area contributed by atoms with Crippen LogP contribution in [0.5, 0.6) is 5.75 Å². The summed E-state index contributed by atoms with van der Waals surface area (Å²) in [6, 6.07) is 3.65. The van der Waals surface area contributed by atoms with Crippen LogP contribution in [0.3, 0.4) is 0 Å². The number of thiazole rings is 1. The molecule has 0 atom stereocenters. The van der Waals surface area contributed by atoms with E-state index in [0.29, 0.717) is 25.5 Å². The zero-order chi connectivity index (χ0) is 14.9. The van der Waals surface area contributed by atoms with Crippen molar-refractivity contribution >= 4 is 17.2 Å². The third-order valence-corrected chi connectivity index (χ3v) is 3.44. The quantitative estimate of drug-likeness (QED) is 0.747. The Bertz CT molecular complexity index is 560. The van der Waals surface area contributed by atoms with Gasteiger partial charge in [-0.2, -0.15) is 0 Å². The Balaban J connectivity index is 1.77. The molecule has 1 N–H and O–H groups in total. The Morgan fingerprint density at radius 2 is 2.38 bits per heavy atom. The van der Waals surface area contributed by atoms with Crippen molar-refractivity contribution in [1.29, 1.82) is 0 Å². The van der Waals surface area contributed by atoms with E-state index in [0.717, 1.165) is 10.7 Å². The van der Waals surface area contributed by atoms with E-state index in [2.05, 4.69) is 15.3 Å². The molecule has 2 aromatic heterocycles. The Hall–Kier alpha value is -1.99. The van der Waals surface area contributed by atoms with Crippen LogP contribution in [0.2, 0.25) is 0 Å². The molecular formula is C14H17N3O3S. The van der Waals surface area contributed by atoms with Crippen molar-refractivity contribution in [3.05, 3.63) is 40.6 Å². The van der Waals surface area contributed by atoms with Crippen LogP contribution in [-0.4, -0.2) is 36.1 Å². The van der Waals surface area contributed by atoms with Gasteiger partial charge in [0, 0.05) is 25.2 Å². The molecule has 1 amide bonds. The van der Waals surface area contributed by atoms with E-state index in [1.807, 2.05) is 17.5 Å². The molecular weight excluding hydrogens is 290 g/mol. The van der Waals surface area contributed by atoms with Crippen LogP contribution < -0.4 is 10.1 Å². The van der Waals surface area contributed by atoms with E-state index in [4.69, 9.17) is 9.47 Å². The molecule has 2 heterocycles. The molecule has 0 spiro atoms. The number of pyridine rings is 1. The minimum absolute atomic E-state index is 0.0583. The molecule has 0 saturated carbocycles. The maximum absolute atomic E-state index is 11.6. The van der Waals surface area contributed by atoms with Gasteiger partial charge in [-0.15, -0.1) is 11.3 Å². The molecule has 2 aromatic rings. The molecule has 6 nitrogen and oxygen atoms in total. The lowest BCUT2D eigenvalue weighted by atomic mass is 10.3. The topological polar surface area (TPSA) is 73.3 Å². The zero-order valence-corrected chi connectivity index (χ0v) is 12.6. The Kier molecular flexibility index (Phi) is 6.11. The van der Waals surface area contributed by atoms with Crippen LogP contribution in [0.25, 0.3) is 0 Å². The summed E-state index contributed by atoms with van der Waals surface area (Å²) in [5.74, 6) is 0.642. The van der Waals surface area contributed by atoms with Crippen molar-refractivity contribution < 1.29 is 14.3 Å². The molecule has 0 aliphatic rings. The first-order chi connectivity index (χ1) is 10.3. The van der Waals surface area contributed by atoms with Crippen molar-refractivity contribution in [3.8, 4) is 5.75 Å². The lowest BCUT2D eigenvalue weighted by Gasteiger charge is -2.03. The number of methoxy groups -OCH3 is 1. The van der Waals surface area contributed by atoms with Gasteiger partial charge in [-0.1, -0.05) is 0 Å². The fourth-order valence-electron chi connectivity index (χ4n) is 1.59. The van der Waals surface area contributed by atoms with Gasteiger partial charge >= 0.3 is 0 Å². The molecule has 0 radical (unpaired) electrons. The Morgan fingerprint density at radius 1 is 1.48 bits per heavy atom. The van der Waals surface area contributed by atoms with Gasteiger partial charge in [0.05, 0.1) is 24.9 Å². The maximum Gasteiger partial charge on any atom is 0.226 e. The highest BCUT2D eigenvalue weighted by Gasteiger charge is 2.08. The van der Waals surface area contributed by atoms with Crippen LogP contribution in [-0.2, 0) is 22.6 Å². The van der Waals surface area contributed by atoms with E-state index < -0.39 is 0 Å².